The number of amidine groups is 1. The number of rotatable bonds is 6. The summed E-state index contributed by atoms with van der Waals surface area (Å²) in [5, 5.41) is 1.49. The molecule has 4 nitrogen and oxygen atoms in total. The van der Waals surface area contributed by atoms with E-state index in [9.17, 15) is 4.79 Å². The van der Waals surface area contributed by atoms with Crippen LogP contribution < -0.4 is 4.74 Å². The summed E-state index contributed by atoms with van der Waals surface area (Å²) >= 11 is 11.9. The van der Waals surface area contributed by atoms with E-state index in [1.807, 2.05) is 56.3 Å². The average Bonchev–Trinajstić information content (AvgIpc) is 2.97. The maximum Gasteiger partial charge on any atom is 0.266 e. The number of nitrogens with zero attached hydrogens (tertiary/aromatic N) is 2. The zero-order valence-electron chi connectivity index (χ0n) is 15.9. The van der Waals surface area contributed by atoms with Gasteiger partial charge in [0.15, 0.2) is 5.17 Å². The van der Waals surface area contributed by atoms with E-state index in [-0.39, 0.29) is 5.91 Å². The van der Waals surface area contributed by atoms with Gasteiger partial charge in [0.2, 0.25) is 0 Å². The van der Waals surface area contributed by atoms with E-state index in [1.54, 1.807) is 4.90 Å². The molecule has 1 aliphatic heterocycles. The first-order valence-electron chi connectivity index (χ1n) is 9.05. The van der Waals surface area contributed by atoms with Gasteiger partial charge in [-0.25, -0.2) is 0 Å². The SMILES string of the molecule is CCN=C1S/C(=C/c2cc(I)c(OCc3ccc(Cl)cc3)c(I)c2)C(=O)N1CC. The molecule has 0 N–H and O–H groups in total. The molecule has 1 heterocycles. The maximum atomic E-state index is 12.7. The van der Waals surface area contributed by atoms with Gasteiger partial charge >= 0.3 is 0 Å². The highest BCUT2D eigenvalue weighted by Crippen LogP contribution is 2.35. The molecule has 1 aliphatic rings. The Bertz CT molecular complexity index is 954. The van der Waals surface area contributed by atoms with Crippen LogP contribution in [0.15, 0.2) is 46.3 Å². The van der Waals surface area contributed by atoms with Crippen molar-refractivity contribution in [3.05, 3.63) is 64.6 Å². The smallest absolute Gasteiger partial charge is 0.266 e. The molecule has 0 aliphatic carbocycles. The van der Waals surface area contributed by atoms with Gasteiger partial charge in [0.05, 0.1) is 12.0 Å². The summed E-state index contributed by atoms with van der Waals surface area (Å²) in [6.45, 7) is 5.69. The molecular formula is C21H19ClI2N2O2S. The van der Waals surface area contributed by atoms with Crippen LogP contribution in [-0.4, -0.2) is 29.1 Å². The zero-order chi connectivity index (χ0) is 21.0. The fourth-order valence-electron chi connectivity index (χ4n) is 2.73. The number of aliphatic imine (C=N–C) groups is 1. The summed E-state index contributed by atoms with van der Waals surface area (Å²) in [4.78, 5) is 19.5. The number of thioether (sulfide) groups is 1. The van der Waals surface area contributed by atoms with Crippen molar-refractivity contribution >= 4 is 85.7 Å². The van der Waals surface area contributed by atoms with Crippen LogP contribution >= 0.6 is 68.5 Å². The minimum Gasteiger partial charge on any atom is -0.487 e. The van der Waals surface area contributed by atoms with Gasteiger partial charge < -0.3 is 4.74 Å². The van der Waals surface area contributed by atoms with Crippen LogP contribution in [0.2, 0.25) is 5.02 Å². The number of hydrogen-bond acceptors (Lipinski definition) is 4. The summed E-state index contributed by atoms with van der Waals surface area (Å²) in [6, 6.07) is 11.7. The Morgan fingerprint density at radius 3 is 2.41 bits per heavy atom. The Morgan fingerprint density at radius 2 is 1.83 bits per heavy atom. The minimum absolute atomic E-state index is 0.0118. The lowest BCUT2D eigenvalue weighted by atomic mass is 10.2. The van der Waals surface area contributed by atoms with Crippen molar-refractivity contribution in [3.8, 4) is 5.75 Å². The van der Waals surface area contributed by atoms with Gasteiger partial charge in [-0.15, -0.1) is 0 Å². The molecule has 0 aromatic heterocycles. The quantitative estimate of drug-likeness (QED) is 0.267. The zero-order valence-corrected chi connectivity index (χ0v) is 21.8. The highest BCUT2D eigenvalue weighted by atomic mass is 127. The second-order valence-electron chi connectivity index (χ2n) is 6.15. The molecule has 0 spiro atoms. The molecule has 1 amide bonds. The molecule has 0 saturated carbocycles. The Kier molecular flexibility index (Phi) is 8.29. The van der Waals surface area contributed by atoms with E-state index < -0.39 is 0 Å². The maximum absolute atomic E-state index is 12.7. The molecule has 2 aromatic carbocycles. The van der Waals surface area contributed by atoms with Gasteiger partial charge in [-0.3, -0.25) is 14.7 Å². The Labute approximate surface area is 207 Å². The number of benzene rings is 2. The molecule has 0 unspecified atom stereocenters. The molecular weight excluding hydrogens is 634 g/mol. The molecule has 152 valence electrons. The van der Waals surface area contributed by atoms with Gasteiger partial charge in [0.25, 0.3) is 5.91 Å². The van der Waals surface area contributed by atoms with E-state index in [2.05, 4.69) is 50.2 Å². The van der Waals surface area contributed by atoms with Crippen LogP contribution in [0.1, 0.15) is 25.0 Å². The topological polar surface area (TPSA) is 41.9 Å². The second kappa shape index (κ2) is 10.5. The normalized spacial score (nSPS) is 16.9. The number of carbonyl (C=O) groups excluding carboxylic acids is 1. The number of ether oxygens (including phenoxy) is 1. The van der Waals surface area contributed by atoms with Gasteiger partial charge in [0.1, 0.15) is 12.4 Å². The molecule has 29 heavy (non-hydrogen) atoms. The fraction of sp³-hybridized carbons (Fsp3) is 0.238. The van der Waals surface area contributed by atoms with E-state index >= 15 is 0 Å². The summed E-state index contributed by atoms with van der Waals surface area (Å²) < 4.78 is 8.05. The molecule has 2 aromatic rings. The fourth-order valence-corrected chi connectivity index (χ4v) is 6.09. The molecule has 0 bridgehead atoms. The van der Waals surface area contributed by atoms with Crippen molar-refractivity contribution in [1.29, 1.82) is 0 Å². The molecule has 0 atom stereocenters. The van der Waals surface area contributed by atoms with Crippen LogP contribution in [-0.2, 0) is 11.4 Å². The monoisotopic (exact) mass is 652 g/mol. The minimum atomic E-state index is 0.0118. The number of carbonyl (C=O) groups is 1. The van der Waals surface area contributed by atoms with Crippen LogP contribution in [0.5, 0.6) is 5.75 Å². The number of amides is 1. The largest absolute Gasteiger partial charge is 0.487 e. The molecule has 0 radical (unpaired) electrons. The Hall–Kier alpha value is -0.780. The number of hydrogen-bond donors (Lipinski definition) is 0. The van der Waals surface area contributed by atoms with Crippen molar-refractivity contribution in [1.82, 2.24) is 4.90 Å². The summed E-state index contributed by atoms with van der Waals surface area (Å²) in [5.41, 5.74) is 2.03. The summed E-state index contributed by atoms with van der Waals surface area (Å²) in [7, 11) is 0. The van der Waals surface area contributed by atoms with E-state index in [1.165, 1.54) is 11.8 Å². The van der Waals surface area contributed by atoms with Gasteiger partial charge in [0, 0.05) is 18.1 Å². The van der Waals surface area contributed by atoms with Crippen molar-refractivity contribution in [2.75, 3.05) is 13.1 Å². The number of halogens is 3. The van der Waals surface area contributed by atoms with E-state index in [4.69, 9.17) is 16.3 Å². The van der Waals surface area contributed by atoms with Crippen molar-refractivity contribution in [2.24, 2.45) is 4.99 Å². The molecule has 8 heteroatoms. The summed E-state index contributed by atoms with van der Waals surface area (Å²) in [5.74, 6) is 0.856. The highest BCUT2D eigenvalue weighted by Gasteiger charge is 2.31. The third-order valence-corrected chi connectivity index (χ3v) is 7.01. The van der Waals surface area contributed by atoms with E-state index in [0.717, 1.165) is 29.2 Å². The lowest BCUT2D eigenvalue weighted by Gasteiger charge is -2.12. The third kappa shape index (κ3) is 5.68. The highest BCUT2D eigenvalue weighted by molar-refractivity contribution is 14.1. The molecule has 1 saturated heterocycles. The Balaban J connectivity index is 1.80. The van der Waals surface area contributed by atoms with Crippen LogP contribution in [0.25, 0.3) is 6.08 Å². The predicted molar refractivity (Wildman–Crippen MR) is 139 cm³/mol. The Morgan fingerprint density at radius 1 is 1.17 bits per heavy atom. The van der Waals surface area contributed by atoms with Crippen LogP contribution in [0.3, 0.4) is 0 Å². The van der Waals surface area contributed by atoms with Crippen LogP contribution in [0, 0.1) is 7.14 Å². The lowest BCUT2D eigenvalue weighted by molar-refractivity contribution is -0.122. The van der Waals surface area contributed by atoms with Crippen LogP contribution in [0.4, 0.5) is 0 Å². The third-order valence-electron chi connectivity index (χ3n) is 4.11. The first-order valence-corrected chi connectivity index (χ1v) is 12.4. The summed E-state index contributed by atoms with van der Waals surface area (Å²) in [6.07, 6.45) is 1.93. The van der Waals surface area contributed by atoms with Crippen molar-refractivity contribution in [3.63, 3.8) is 0 Å². The van der Waals surface area contributed by atoms with Crippen molar-refractivity contribution < 1.29 is 9.53 Å². The predicted octanol–water partition coefficient (Wildman–Crippen LogP) is 6.44. The van der Waals surface area contributed by atoms with Gasteiger partial charge in [-0.2, -0.15) is 0 Å². The second-order valence-corrected chi connectivity index (χ2v) is 9.92. The standard InChI is InChI=1S/C21H19ClI2N2O2S/c1-3-25-21-26(4-2)20(27)18(29-21)11-14-9-16(23)19(17(24)10-14)28-12-13-5-7-15(22)8-6-13/h5-11H,3-4,12H2,1-2H3/b18-11+,25-21?. The molecule has 1 fully saturated rings. The first kappa shape index (κ1) is 22.9. The number of likely N-dealkylation sites (N-methyl/N-ethyl adjacent to an activating group) is 1. The first-order chi connectivity index (χ1) is 13.9. The van der Waals surface area contributed by atoms with Gasteiger partial charge in [-0.05, 0) is 112 Å². The van der Waals surface area contributed by atoms with Crippen molar-refractivity contribution in [2.45, 2.75) is 20.5 Å². The van der Waals surface area contributed by atoms with E-state index in [0.29, 0.717) is 29.6 Å². The van der Waals surface area contributed by atoms with Gasteiger partial charge in [-0.1, -0.05) is 23.7 Å². The molecule has 3 rings (SSSR count). The average molecular weight is 653 g/mol. The lowest BCUT2D eigenvalue weighted by Crippen LogP contribution is -2.28.